The lowest BCUT2D eigenvalue weighted by atomic mass is 9.84. The molecule has 0 spiro atoms. The summed E-state index contributed by atoms with van der Waals surface area (Å²) in [5, 5.41) is 0. The van der Waals surface area contributed by atoms with Crippen LogP contribution in [-0.4, -0.2) is 18.1 Å². The van der Waals surface area contributed by atoms with Gasteiger partial charge < -0.3 is 10.6 Å². The van der Waals surface area contributed by atoms with Gasteiger partial charge in [0.2, 0.25) is 0 Å². The summed E-state index contributed by atoms with van der Waals surface area (Å²) in [7, 11) is 0. The summed E-state index contributed by atoms with van der Waals surface area (Å²) in [5.74, 6) is 1.10. The minimum atomic E-state index is 0.0420. The minimum absolute atomic E-state index is 0.0420. The molecular formula is C15H25N3. The van der Waals surface area contributed by atoms with E-state index in [1.165, 1.54) is 19.3 Å². The Bertz CT molecular complexity index is 372. The van der Waals surface area contributed by atoms with Crippen LogP contribution < -0.4 is 10.6 Å². The van der Waals surface area contributed by atoms with Gasteiger partial charge in [0, 0.05) is 25.3 Å². The molecule has 0 bridgehead atoms. The van der Waals surface area contributed by atoms with Crippen molar-refractivity contribution >= 4 is 5.82 Å². The molecule has 0 aromatic carbocycles. The zero-order chi connectivity index (χ0) is 13.2. The fourth-order valence-corrected chi connectivity index (χ4v) is 2.39. The number of hydrogen-bond acceptors (Lipinski definition) is 3. The summed E-state index contributed by atoms with van der Waals surface area (Å²) in [6.07, 6.45) is 5.86. The lowest BCUT2D eigenvalue weighted by Gasteiger charge is -2.29. The smallest absolute Gasteiger partial charge is 0.128 e. The molecule has 2 heterocycles. The van der Waals surface area contributed by atoms with Gasteiger partial charge in [0.05, 0.1) is 0 Å². The number of aromatic nitrogens is 1. The Morgan fingerprint density at radius 3 is 2.33 bits per heavy atom. The lowest BCUT2D eigenvalue weighted by molar-refractivity contribution is 0.326. The first-order valence-corrected chi connectivity index (χ1v) is 6.95. The summed E-state index contributed by atoms with van der Waals surface area (Å²) in [5.41, 5.74) is 7.45. The maximum absolute atomic E-state index is 6.25. The van der Waals surface area contributed by atoms with Crippen molar-refractivity contribution in [3.63, 3.8) is 0 Å². The highest BCUT2D eigenvalue weighted by molar-refractivity contribution is 5.40. The Labute approximate surface area is 110 Å². The van der Waals surface area contributed by atoms with Gasteiger partial charge in [-0.25, -0.2) is 4.98 Å². The normalized spacial score (nSPS) is 18.8. The second-order valence-corrected chi connectivity index (χ2v) is 6.34. The topological polar surface area (TPSA) is 42.1 Å². The number of pyridine rings is 1. The first-order valence-electron chi connectivity index (χ1n) is 6.95. The first kappa shape index (κ1) is 13.3. The Hall–Kier alpha value is -1.09. The van der Waals surface area contributed by atoms with Crippen LogP contribution in [0, 0.1) is 5.41 Å². The number of rotatable bonds is 2. The Morgan fingerprint density at radius 2 is 1.83 bits per heavy atom. The largest absolute Gasteiger partial charge is 0.357 e. The Balaban J connectivity index is 2.09. The third kappa shape index (κ3) is 3.02. The maximum Gasteiger partial charge on any atom is 0.128 e. The average molecular weight is 247 g/mol. The molecule has 1 unspecified atom stereocenters. The van der Waals surface area contributed by atoms with Crippen LogP contribution in [0.25, 0.3) is 0 Å². The molecule has 1 aliphatic heterocycles. The van der Waals surface area contributed by atoms with Crippen LogP contribution in [0.5, 0.6) is 0 Å². The molecule has 2 rings (SSSR count). The van der Waals surface area contributed by atoms with E-state index in [2.05, 4.69) is 42.8 Å². The summed E-state index contributed by atoms with van der Waals surface area (Å²) >= 11 is 0. The van der Waals surface area contributed by atoms with Gasteiger partial charge in [-0.15, -0.1) is 0 Å². The highest BCUT2D eigenvalue weighted by Gasteiger charge is 2.22. The van der Waals surface area contributed by atoms with Gasteiger partial charge in [-0.2, -0.15) is 0 Å². The molecule has 1 saturated heterocycles. The van der Waals surface area contributed by atoms with Crippen molar-refractivity contribution in [2.45, 2.75) is 46.1 Å². The number of piperidine rings is 1. The average Bonchev–Trinajstić information content (AvgIpc) is 2.38. The molecule has 0 aliphatic carbocycles. The molecule has 2 N–H and O–H groups in total. The highest BCUT2D eigenvalue weighted by Crippen LogP contribution is 2.30. The van der Waals surface area contributed by atoms with Gasteiger partial charge in [0.1, 0.15) is 5.82 Å². The van der Waals surface area contributed by atoms with Crippen LogP contribution in [0.1, 0.15) is 51.6 Å². The molecule has 3 nitrogen and oxygen atoms in total. The van der Waals surface area contributed by atoms with Gasteiger partial charge in [0.15, 0.2) is 0 Å². The van der Waals surface area contributed by atoms with E-state index in [9.17, 15) is 0 Å². The second-order valence-electron chi connectivity index (χ2n) is 6.34. The van der Waals surface area contributed by atoms with Gasteiger partial charge >= 0.3 is 0 Å². The van der Waals surface area contributed by atoms with Crippen LogP contribution in [0.2, 0.25) is 0 Å². The van der Waals surface area contributed by atoms with E-state index < -0.39 is 0 Å². The van der Waals surface area contributed by atoms with Crippen molar-refractivity contribution in [1.29, 1.82) is 0 Å². The number of nitrogens with zero attached hydrogens (tertiary/aromatic N) is 2. The monoisotopic (exact) mass is 247 g/mol. The number of nitrogens with two attached hydrogens (primary N) is 1. The molecule has 100 valence electrons. The molecule has 3 heteroatoms. The number of hydrogen-bond donors (Lipinski definition) is 1. The van der Waals surface area contributed by atoms with E-state index in [1.807, 2.05) is 6.20 Å². The van der Waals surface area contributed by atoms with Crippen molar-refractivity contribution in [1.82, 2.24) is 4.98 Å². The van der Waals surface area contributed by atoms with Crippen LogP contribution in [-0.2, 0) is 0 Å². The lowest BCUT2D eigenvalue weighted by Crippen LogP contribution is -2.30. The van der Waals surface area contributed by atoms with Gasteiger partial charge in [0.25, 0.3) is 0 Å². The molecular weight excluding hydrogens is 222 g/mol. The third-order valence-corrected chi connectivity index (χ3v) is 3.74. The molecule has 0 amide bonds. The molecule has 1 aliphatic rings. The van der Waals surface area contributed by atoms with Gasteiger partial charge in [-0.1, -0.05) is 26.8 Å². The van der Waals surface area contributed by atoms with E-state index in [0.29, 0.717) is 0 Å². The summed E-state index contributed by atoms with van der Waals surface area (Å²) in [4.78, 5) is 6.95. The van der Waals surface area contributed by atoms with E-state index in [-0.39, 0.29) is 11.5 Å². The zero-order valence-electron chi connectivity index (χ0n) is 11.8. The highest BCUT2D eigenvalue weighted by atomic mass is 15.2. The molecule has 1 aromatic rings. The Kier molecular flexibility index (Phi) is 3.91. The predicted octanol–water partition coefficient (Wildman–Crippen LogP) is 3.12. The molecule has 1 fully saturated rings. The van der Waals surface area contributed by atoms with E-state index in [1.54, 1.807) is 0 Å². The van der Waals surface area contributed by atoms with Crippen LogP contribution in [0.4, 0.5) is 5.82 Å². The molecule has 0 radical (unpaired) electrons. The summed E-state index contributed by atoms with van der Waals surface area (Å²) in [6.45, 7) is 8.76. The first-order chi connectivity index (χ1) is 8.48. The standard InChI is InChI=1S/C15H25N3/c1-15(2,3)14(16)12-7-8-13(17-11-12)18-9-5-4-6-10-18/h7-8,11,14H,4-6,9-10,16H2,1-3H3. The van der Waals surface area contributed by atoms with Gasteiger partial charge in [-0.3, -0.25) is 0 Å². The Morgan fingerprint density at radius 1 is 1.17 bits per heavy atom. The van der Waals surface area contributed by atoms with Crippen molar-refractivity contribution in [3.05, 3.63) is 23.9 Å². The van der Waals surface area contributed by atoms with Crippen LogP contribution >= 0.6 is 0 Å². The quantitative estimate of drug-likeness (QED) is 0.873. The second kappa shape index (κ2) is 5.27. The van der Waals surface area contributed by atoms with Gasteiger partial charge in [-0.05, 0) is 36.3 Å². The van der Waals surface area contributed by atoms with E-state index in [0.717, 1.165) is 24.5 Å². The van der Waals surface area contributed by atoms with Crippen LogP contribution in [0.3, 0.4) is 0 Å². The van der Waals surface area contributed by atoms with E-state index >= 15 is 0 Å². The SMILES string of the molecule is CC(C)(C)C(N)c1ccc(N2CCCCC2)nc1. The van der Waals surface area contributed by atoms with Crippen molar-refractivity contribution in [3.8, 4) is 0 Å². The molecule has 0 saturated carbocycles. The zero-order valence-corrected chi connectivity index (χ0v) is 11.8. The number of anilines is 1. The fourth-order valence-electron chi connectivity index (χ4n) is 2.39. The third-order valence-electron chi connectivity index (χ3n) is 3.74. The summed E-state index contributed by atoms with van der Waals surface area (Å²) < 4.78 is 0. The minimum Gasteiger partial charge on any atom is -0.357 e. The molecule has 18 heavy (non-hydrogen) atoms. The molecule has 1 atom stereocenters. The maximum atomic E-state index is 6.25. The summed E-state index contributed by atoms with van der Waals surface area (Å²) in [6, 6.07) is 4.29. The van der Waals surface area contributed by atoms with Crippen molar-refractivity contribution < 1.29 is 0 Å². The van der Waals surface area contributed by atoms with Crippen molar-refractivity contribution in [2.75, 3.05) is 18.0 Å². The van der Waals surface area contributed by atoms with E-state index in [4.69, 9.17) is 5.73 Å². The van der Waals surface area contributed by atoms with Crippen molar-refractivity contribution in [2.24, 2.45) is 11.1 Å². The van der Waals surface area contributed by atoms with Crippen LogP contribution in [0.15, 0.2) is 18.3 Å². The fraction of sp³-hybridized carbons (Fsp3) is 0.667. The molecule has 1 aromatic heterocycles. The predicted molar refractivity (Wildman–Crippen MR) is 76.7 cm³/mol.